The van der Waals surface area contributed by atoms with Gasteiger partial charge in [-0.3, -0.25) is 0 Å². The highest BCUT2D eigenvalue weighted by molar-refractivity contribution is 5.53. The fourth-order valence-electron chi connectivity index (χ4n) is 2.49. The van der Waals surface area contributed by atoms with Crippen molar-refractivity contribution in [2.45, 2.75) is 31.7 Å². The minimum absolute atomic E-state index is 0.184. The first kappa shape index (κ1) is 9.97. The summed E-state index contributed by atoms with van der Waals surface area (Å²) >= 11 is 0. The summed E-state index contributed by atoms with van der Waals surface area (Å²) < 4.78 is 11.4. The van der Waals surface area contributed by atoms with E-state index >= 15 is 0 Å². The molecule has 1 aromatic carbocycles. The van der Waals surface area contributed by atoms with Gasteiger partial charge in [-0.1, -0.05) is 6.07 Å². The van der Waals surface area contributed by atoms with E-state index < -0.39 is 0 Å². The Hall–Kier alpha value is -1.22. The fraction of sp³-hybridized carbons (Fsp3) is 0.538. The van der Waals surface area contributed by atoms with Crippen molar-refractivity contribution in [3.63, 3.8) is 0 Å². The number of hydrogen-bond acceptors (Lipinski definition) is 3. The van der Waals surface area contributed by atoms with Crippen LogP contribution in [0.5, 0.6) is 11.5 Å². The lowest BCUT2D eigenvalue weighted by Gasteiger charge is -2.40. The molecule has 0 amide bonds. The SMILES string of the molecule is Cc1cc2c(c(C3(N)CCC3)c1)OCCO2. The van der Waals surface area contributed by atoms with E-state index in [-0.39, 0.29) is 5.54 Å². The molecular formula is C13H17NO2. The smallest absolute Gasteiger partial charge is 0.166 e. The van der Waals surface area contributed by atoms with Crippen molar-refractivity contribution in [1.29, 1.82) is 0 Å². The normalized spacial score (nSPS) is 21.4. The summed E-state index contributed by atoms with van der Waals surface area (Å²) in [5, 5.41) is 0. The van der Waals surface area contributed by atoms with Crippen LogP contribution in [0, 0.1) is 6.92 Å². The molecular weight excluding hydrogens is 202 g/mol. The molecule has 1 fully saturated rings. The van der Waals surface area contributed by atoms with Gasteiger partial charge in [-0.05, 0) is 37.8 Å². The summed E-state index contributed by atoms with van der Waals surface area (Å²) in [6, 6.07) is 4.17. The number of benzene rings is 1. The van der Waals surface area contributed by atoms with Crippen LogP contribution in [0.3, 0.4) is 0 Å². The minimum Gasteiger partial charge on any atom is -0.486 e. The molecule has 0 radical (unpaired) electrons. The number of ether oxygens (including phenoxy) is 2. The van der Waals surface area contributed by atoms with E-state index in [2.05, 4.69) is 13.0 Å². The van der Waals surface area contributed by atoms with Crippen LogP contribution in [0.15, 0.2) is 12.1 Å². The molecule has 0 aromatic heterocycles. The van der Waals surface area contributed by atoms with E-state index in [1.54, 1.807) is 0 Å². The van der Waals surface area contributed by atoms with Gasteiger partial charge in [-0.2, -0.15) is 0 Å². The maximum atomic E-state index is 6.38. The van der Waals surface area contributed by atoms with E-state index in [1.807, 2.05) is 6.07 Å². The Bertz CT molecular complexity index is 424. The maximum absolute atomic E-state index is 6.38. The highest BCUT2D eigenvalue weighted by Gasteiger charge is 2.38. The average Bonchev–Trinajstić information content (AvgIpc) is 2.24. The molecule has 1 aliphatic heterocycles. The van der Waals surface area contributed by atoms with Gasteiger partial charge in [0.25, 0.3) is 0 Å². The molecule has 3 heteroatoms. The molecule has 0 bridgehead atoms. The van der Waals surface area contributed by atoms with Gasteiger partial charge in [0.05, 0.1) is 0 Å². The molecule has 0 spiro atoms. The molecule has 0 unspecified atom stereocenters. The first-order valence-electron chi connectivity index (χ1n) is 5.89. The first-order chi connectivity index (χ1) is 7.69. The third kappa shape index (κ3) is 1.39. The van der Waals surface area contributed by atoms with Gasteiger partial charge < -0.3 is 15.2 Å². The van der Waals surface area contributed by atoms with E-state index in [9.17, 15) is 0 Å². The number of hydrogen-bond donors (Lipinski definition) is 1. The molecule has 0 atom stereocenters. The Balaban J connectivity index is 2.12. The van der Waals surface area contributed by atoms with Crippen molar-refractivity contribution in [3.05, 3.63) is 23.3 Å². The largest absolute Gasteiger partial charge is 0.486 e. The minimum atomic E-state index is -0.184. The number of rotatable bonds is 1. The lowest BCUT2D eigenvalue weighted by molar-refractivity contribution is 0.159. The monoisotopic (exact) mass is 219 g/mol. The van der Waals surface area contributed by atoms with Gasteiger partial charge in [-0.25, -0.2) is 0 Å². The number of aryl methyl sites for hydroxylation is 1. The van der Waals surface area contributed by atoms with Crippen molar-refractivity contribution in [1.82, 2.24) is 0 Å². The van der Waals surface area contributed by atoms with Crippen molar-refractivity contribution in [2.24, 2.45) is 5.73 Å². The zero-order valence-corrected chi connectivity index (χ0v) is 9.58. The van der Waals surface area contributed by atoms with Gasteiger partial charge in [-0.15, -0.1) is 0 Å². The number of fused-ring (bicyclic) bond motifs is 1. The van der Waals surface area contributed by atoms with Crippen LogP contribution in [-0.4, -0.2) is 13.2 Å². The summed E-state index contributed by atoms with van der Waals surface area (Å²) in [7, 11) is 0. The highest BCUT2D eigenvalue weighted by atomic mass is 16.6. The lowest BCUT2D eigenvalue weighted by atomic mass is 9.72. The summed E-state index contributed by atoms with van der Waals surface area (Å²) in [5.41, 5.74) is 8.52. The van der Waals surface area contributed by atoms with Crippen LogP contribution in [-0.2, 0) is 5.54 Å². The van der Waals surface area contributed by atoms with Crippen LogP contribution in [0.4, 0.5) is 0 Å². The molecule has 16 heavy (non-hydrogen) atoms. The van der Waals surface area contributed by atoms with Crippen LogP contribution in [0.25, 0.3) is 0 Å². The van der Waals surface area contributed by atoms with Crippen molar-refractivity contribution in [3.8, 4) is 11.5 Å². The van der Waals surface area contributed by atoms with Gasteiger partial charge in [0.1, 0.15) is 13.2 Å². The van der Waals surface area contributed by atoms with Crippen LogP contribution >= 0.6 is 0 Å². The second-order valence-electron chi connectivity index (χ2n) is 4.85. The summed E-state index contributed by atoms with van der Waals surface area (Å²) in [4.78, 5) is 0. The Labute approximate surface area is 95.5 Å². The predicted molar refractivity (Wildman–Crippen MR) is 61.9 cm³/mol. The lowest BCUT2D eigenvalue weighted by Crippen LogP contribution is -2.44. The van der Waals surface area contributed by atoms with Gasteiger partial charge >= 0.3 is 0 Å². The molecule has 2 aliphatic rings. The molecule has 1 heterocycles. The Kier molecular flexibility index (Phi) is 2.11. The third-order valence-corrected chi connectivity index (χ3v) is 3.57. The maximum Gasteiger partial charge on any atom is 0.166 e. The molecule has 1 saturated carbocycles. The molecule has 3 rings (SSSR count). The van der Waals surface area contributed by atoms with E-state index in [4.69, 9.17) is 15.2 Å². The number of nitrogens with two attached hydrogens (primary N) is 1. The second kappa shape index (κ2) is 3.39. The average molecular weight is 219 g/mol. The quantitative estimate of drug-likeness (QED) is 0.786. The summed E-state index contributed by atoms with van der Waals surface area (Å²) in [6.45, 7) is 3.33. The first-order valence-corrected chi connectivity index (χ1v) is 5.89. The standard InChI is InChI=1S/C13H17NO2/c1-9-7-10(13(14)3-2-4-13)12-11(8-9)15-5-6-16-12/h7-8H,2-6,14H2,1H3. The Morgan fingerprint density at radius 2 is 1.94 bits per heavy atom. The fourth-order valence-corrected chi connectivity index (χ4v) is 2.49. The van der Waals surface area contributed by atoms with Gasteiger partial charge in [0.2, 0.25) is 0 Å². The van der Waals surface area contributed by atoms with E-state index in [1.165, 1.54) is 12.0 Å². The zero-order chi connectivity index (χ0) is 11.2. The van der Waals surface area contributed by atoms with E-state index in [0.29, 0.717) is 13.2 Å². The molecule has 1 aliphatic carbocycles. The molecule has 3 nitrogen and oxygen atoms in total. The van der Waals surface area contributed by atoms with E-state index in [0.717, 1.165) is 29.9 Å². The van der Waals surface area contributed by atoms with Crippen molar-refractivity contribution in [2.75, 3.05) is 13.2 Å². The molecule has 2 N–H and O–H groups in total. The highest BCUT2D eigenvalue weighted by Crippen LogP contribution is 2.47. The predicted octanol–water partition coefficient (Wildman–Crippen LogP) is 2.10. The Morgan fingerprint density at radius 3 is 2.62 bits per heavy atom. The van der Waals surface area contributed by atoms with Crippen molar-refractivity contribution >= 4 is 0 Å². The Morgan fingerprint density at radius 1 is 1.19 bits per heavy atom. The summed E-state index contributed by atoms with van der Waals surface area (Å²) in [5.74, 6) is 1.73. The zero-order valence-electron chi connectivity index (χ0n) is 9.58. The van der Waals surface area contributed by atoms with Crippen LogP contribution in [0.1, 0.15) is 30.4 Å². The second-order valence-corrected chi connectivity index (χ2v) is 4.85. The van der Waals surface area contributed by atoms with Gasteiger partial charge in [0, 0.05) is 11.1 Å². The topological polar surface area (TPSA) is 44.5 Å². The van der Waals surface area contributed by atoms with Crippen LogP contribution < -0.4 is 15.2 Å². The molecule has 1 aromatic rings. The molecule has 0 saturated heterocycles. The van der Waals surface area contributed by atoms with Gasteiger partial charge in [0.15, 0.2) is 11.5 Å². The van der Waals surface area contributed by atoms with Crippen LogP contribution in [0.2, 0.25) is 0 Å². The third-order valence-electron chi connectivity index (χ3n) is 3.57. The molecule has 86 valence electrons. The van der Waals surface area contributed by atoms with Crippen molar-refractivity contribution < 1.29 is 9.47 Å². The summed E-state index contributed by atoms with van der Waals surface area (Å²) in [6.07, 6.45) is 3.30.